The van der Waals surface area contributed by atoms with Crippen molar-refractivity contribution in [1.29, 1.82) is 0 Å². The number of anilines is 1. The Balaban J connectivity index is 2.17. The van der Waals surface area contributed by atoms with Gasteiger partial charge < -0.3 is 16.4 Å². The van der Waals surface area contributed by atoms with Gasteiger partial charge in [0.05, 0.1) is 12.2 Å². The summed E-state index contributed by atoms with van der Waals surface area (Å²) in [5, 5.41) is 5.85. The zero-order valence-corrected chi connectivity index (χ0v) is 11.5. The molecule has 1 heterocycles. The first-order valence-corrected chi connectivity index (χ1v) is 6.56. The molecule has 1 unspecified atom stereocenters. The van der Waals surface area contributed by atoms with Gasteiger partial charge in [-0.05, 0) is 24.6 Å². The van der Waals surface area contributed by atoms with Crippen molar-refractivity contribution in [1.82, 2.24) is 5.32 Å². The monoisotopic (exact) mass is 291 g/mol. The Morgan fingerprint density at radius 1 is 1.55 bits per heavy atom. The fourth-order valence-corrected chi connectivity index (χ4v) is 2.08. The Morgan fingerprint density at radius 3 is 3.00 bits per heavy atom. The van der Waals surface area contributed by atoms with Crippen LogP contribution in [0.15, 0.2) is 18.2 Å². The number of amides is 2. The first kappa shape index (κ1) is 14.4. The third-order valence-corrected chi connectivity index (χ3v) is 3.11. The molecule has 0 aliphatic carbocycles. The van der Waals surface area contributed by atoms with Crippen molar-refractivity contribution >= 4 is 29.1 Å². The average molecular weight is 292 g/mol. The lowest BCUT2D eigenvalue weighted by Crippen LogP contribution is -2.37. The van der Waals surface area contributed by atoms with Crippen molar-refractivity contribution in [2.24, 2.45) is 5.73 Å². The third kappa shape index (κ3) is 3.50. The van der Waals surface area contributed by atoms with E-state index in [1.165, 1.54) is 0 Å². The van der Waals surface area contributed by atoms with E-state index in [0.717, 1.165) is 0 Å². The largest absolute Gasteiger partial charge is 0.344 e. The summed E-state index contributed by atoms with van der Waals surface area (Å²) in [6.45, 7) is 0.231. The van der Waals surface area contributed by atoms with Crippen LogP contribution in [-0.2, 0) is 9.59 Å². The van der Waals surface area contributed by atoms with Gasteiger partial charge in [0.1, 0.15) is 6.04 Å². The maximum atomic E-state index is 12.1. The van der Waals surface area contributed by atoms with Crippen LogP contribution in [0, 0.1) is 11.8 Å². The van der Waals surface area contributed by atoms with Gasteiger partial charge in [0.25, 0.3) is 0 Å². The predicted octanol–water partition coefficient (Wildman–Crippen LogP) is 0.867. The predicted molar refractivity (Wildman–Crippen MR) is 77.2 cm³/mol. The van der Waals surface area contributed by atoms with E-state index < -0.39 is 6.04 Å². The quantitative estimate of drug-likeness (QED) is 0.707. The standard InChI is InChI=1S/C14H14ClN3O2/c15-10-4-3-9(2-1-7-16)12(8-10)18-14(20)11-5-6-13(19)17-11/h3-4,8,11H,5-7,16H2,(H,17,19)(H,18,20). The van der Waals surface area contributed by atoms with E-state index >= 15 is 0 Å². The van der Waals surface area contributed by atoms with E-state index in [-0.39, 0.29) is 18.4 Å². The van der Waals surface area contributed by atoms with Crippen molar-refractivity contribution in [3.63, 3.8) is 0 Å². The molecule has 0 radical (unpaired) electrons. The fraction of sp³-hybridized carbons (Fsp3) is 0.286. The molecule has 0 bridgehead atoms. The Labute approximate surface area is 121 Å². The highest BCUT2D eigenvalue weighted by Gasteiger charge is 2.27. The second-order valence-electron chi connectivity index (χ2n) is 4.34. The van der Waals surface area contributed by atoms with Gasteiger partial charge >= 0.3 is 0 Å². The molecule has 1 aliphatic heterocycles. The molecule has 2 rings (SSSR count). The number of carbonyl (C=O) groups is 2. The minimum atomic E-state index is -0.503. The Bertz CT molecular complexity index is 604. The number of carbonyl (C=O) groups excluding carboxylic acids is 2. The number of rotatable bonds is 2. The number of hydrogen-bond acceptors (Lipinski definition) is 3. The molecule has 1 aromatic rings. The molecular weight excluding hydrogens is 278 g/mol. The van der Waals surface area contributed by atoms with Crippen LogP contribution in [0.4, 0.5) is 5.69 Å². The summed E-state index contributed by atoms with van der Waals surface area (Å²) >= 11 is 5.92. The summed E-state index contributed by atoms with van der Waals surface area (Å²) in [5.41, 5.74) is 6.49. The summed E-state index contributed by atoms with van der Waals surface area (Å²) in [7, 11) is 0. The zero-order chi connectivity index (χ0) is 14.5. The maximum absolute atomic E-state index is 12.1. The maximum Gasteiger partial charge on any atom is 0.246 e. The van der Waals surface area contributed by atoms with E-state index in [2.05, 4.69) is 22.5 Å². The second kappa shape index (κ2) is 6.42. The number of nitrogens with two attached hydrogens (primary N) is 1. The molecule has 20 heavy (non-hydrogen) atoms. The molecule has 4 N–H and O–H groups in total. The van der Waals surface area contributed by atoms with Crippen molar-refractivity contribution in [2.75, 3.05) is 11.9 Å². The lowest BCUT2D eigenvalue weighted by molar-refractivity contribution is -0.122. The lowest BCUT2D eigenvalue weighted by Gasteiger charge is -2.12. The summed E-state index contributed by atoms with van der Waals surface area (Å²) in [5.74, 6) is 5.22. The van der Waals surface area contributed by atoms with Crippen LogP contribution >= 0.6 is 11.6 Å². The molecule has 104 valence electrons. The van der Waals surface area contributed by atoms with E-state index in [9.17, 15) is 9.59 Å². The fourth-order valence-electron chi connectivity index (χ4n) is 1.91. The molecule has 1 atom stereocenters. The highest BCUT2D eigenvalue weighted by Crippen LogP contribution is 2.21. The van der Waals surface area contributed by atoms with Crippen molar-refractivity contribution in [2.45, 2.75) is 18.9 Å². The SMILES string of the molecule is NCC#Cc1ccc(Cl)cc1NC(=O)C1CCC(=O)N1. The second-order valence-corrected chi connectivity index (χ2v) is 4.78. The molecular formula is C14H14ClN3O2. The van der Waals surface area contributed by atoms with Crippen LogP contribution in [0.1, 0.15) is 18.4 Å². The first-order valence-electron chi connectivity index (χ1n) is 6.19. The van der Waals surface area contributed by atoms with Crippen molar-refractivity contribution in [3.05, 3.63) is 28.8 Å². The van der Waals surface area contributed by atoms with Gasteiger partial charge in [-0.25, -0.2) is 0 Å². The van der Waals surface area contributed by atoms with Gasteiger partial charge in [-0.1, -0.05) is 23.4 Å². The highest BCUT2D eigenvalue weighted by molar-refractivity contribution is 6.31. The summed E-state index contributed by atoms with van der Waals surface area (Å²) < 4.78 is 0. The molecule has 6 heteroatoms. The topological polar surface area (TPSA) is 84.2 Å². The Hall–Kier alpha value is -2.03. The summed E-state index contributed by atoms with van der Waals surface area (Å²) in [6.07, 6.45) is 0.864. The van der Waals surface area contributed by atoms with Crippen LogP contribution in [-0.4, -0.2) is 24.4 Å². The summed E-state index contributed by atoms with van der Waals surface area (Å²) in [6, 6.07) is 4.52. The first-order chi connectivity index (χ1) is 9.60. The van der Waals surface area contributed by atoms with E-state index in [1.807, 2.05) is 0 Å². The van der Waals surface area contributed by atoms with Gasteiger partial charge in [0, 0.05) is 17.0 Å². The minimum Gasteiger partial charge on any atom is -0.344 e. The number of hydrogen-bond donors (Lipinski definition) is 3. The molecule has 1 aliphatic rings. The smallest absolute Gasteiger partial charge is 0.246 e. The third-order valence-electron chi connectivity index (χ3n) is 2.88. The molecule has 0 saturated carbocycles. The molecule has 0 aromatic heterocycles. The highest BCUT2D eigenvalue weighted by atomic mass is 35.5. The molecule has 1 fully saturated rings. The number of halogens is 1. The molecule has 2 amide bonds. The van der Waals surface area contributed by atoms with Gasteiger partial charge in [-0.2, -0.15) is 0 Å². The average Bonchev–Trinajstić information content (AvgIpc) is 2.85. The van der Waals surface area contributed by atoms with Gasteiger partial charge in [0.2, 0.25) is 11.8 Å². The van der Waals surface area contributed by atoms with Crippen molar-refractivity contribution in [3.8, 4) is 11.8 Å². The van der Waals surface area contributed by atoms with E-state index in [1.54, 1.807) is 18.2 Å². The van der Waals surface area contributed by atoms with E-state index in [4.69, 9.17) is 17.3 Å². The number of nitrogens with one attached hydrogen (secondary N) is 2. The Morgan fingerprint density at radius 2 is 2.35 bits per heavy atom. The normalized spacial score (nSPS) is 17.1. The lowest BCUT2D eigenvalue weighted by atomic mass is 10.1. The van der Waals surface area contributed by atoms with Crippen LogP contribution in [0.2, 0.25) is 5.02 Å². The van der Waals surface area contributed by atoms with Gasteiger partial charge in [-0.15, -0.1) is 0 Å². The van der Waals surface area contributed by atoms with E-state index in [0.29, 0.717) is 29.1 Å². The minimum absolute atomic E-state index is 0.112. The molecule has 1 saturated heterocycles. The van der Waals surface area contributed by atoms with Crippen LogP contribution < -0.4 is 16.4 Å². The molecule has 0 spiro atoms. The molecule has 5 nitrogen and oxygen atoms in total. The zero-order valence-electron chi connectivity index (χ0n) is 10.7. The van der Waals surface area contributed by atoms with Crippen LogP contribution in [0.3, 0.4) is 0 Å². The van der Waals surface area contributed by atoms with Crippen molar-refractivity contribution < 1.29 is 9.59 Å². The number of benzene rings is 1. The van der Waals surface area contributed by atoms with Crippen LogP contribution in [0.5, 0.6) is 0 Å². The van der Waals surface area contributed by atoms with Gasteiger partial charge in [0.15, 0.2) is 0 Å². The summed E-state index contributed by atoms with van der Waals surface area (Å²) in [4.78, 5) is 23.2. The molecule has 1 aromatic carbocycles. The van der Waals surface area contributed by atoms with Crippen LogP contribution in [0.25, 0.3) is 0 Å². The van der Waals surface area contributed by atoms with Gasteiger partial charge in [-0.3, -0.25) is 9.59 Å². The Kier molecular flexibility index (Phi) is 4.61.